The van der Waals surface area contributed by atoms with Gasteiger partial charge in [0.05, 0.1) is 17.9 Å². The molecule has 0 saturated heterocycles. The van der Waals surface area contributed by atoms with Crippen LogP contribution in [0.1, 0.15) is 41.0 Å². The Labute approximate surface area is 169 Å². The fraction of sp³-hybridized carbons (Fsp3) is 0.250. The second kappa shape index (κ2) is 8.44. The second-order valence-electron chi connectivity index (χ2n) is 6.32. The predicted octanol–water partition coefficient (Wildman–Crippen LogP) is 3.06. The highest BCUT2D eigenvalue weighted by atomic mass is 32.2. The molecule has 0 saturated carbocycles. The molecule has 0 spiro atoms. The van der Waals surface area contributed by atoms with E-state index >= 15 is 0 Å². The molecule has 0 atom stereocenters. The van der Waals surface area contributed by atoms with Gasteiger partial charge in [-0.05, 0) is 55.8 Å². The summed E-state index contributed by atoms with van der Waals surface area (Å²) in [7, 11) is -3.85. The zero-order valence-corrected chi connectivity index (χ0v) is 16.9. The molecule has 0 bridgehead atoms. The van der Waals surface area contributed by atoms with E-state index in [1.54, 1.807) is 48.2 Å². The number of nitrogens with zero attached hydrogens (tertiary/aromatic N) is 2. The molecule has 29 heavy (non-hydrogen) atoms. The van der Waals surface area contributed by atoms with Crippen LogP contribution < -0.4 is 10.2 Å². The van der Waals surface area contributed by atoms with Crippen LogP contribution in [-0.2, 0) is 14.8 Å². The topological polar surface area (TPSA) is 105 Å². The van der Waals surface area contributed by atoms with E-state index in [9.17, 15) is 18.0 Å². The molecule has 0 aromatic heterocycles. The number of hydrogen-bond acceptors (Lipinski definition) is 6. The van der Waals surface area contributed by atoms with Crippen molar-refractivity contribution in [2.75, 3.05) is 23.4 Å². The number of anilines is 2. The van der Waals surface area contributed by atoms with Crippen LogP contribution in [-0.4, -0.2) is 39.8 Å². The SMILES string of the molecule is CCCN1C=NS(=O)(=O)c2cc(C(=O)Nc3ccc(C(=O)OCC)cc3)ccc21. The number of nitrogens with one attached hydrogen (secondary N) is 1. The molecule has 2 aromatic rings. The Balaban J connectivity index is 1.81. The van der Waals surface area contributed by atoms with Crippen molar-refractivity contribution >= 4 is 39.6 Å². The molecule has 3 rings (SSSR count). The summed E-state index contributed by atoms with van der Waals surface area (Å²) in [6, 6.07) is 10.7. The van der Waals surface area contributed by atoms with Crippen LogP contribution in [0.3, 0.4) is 0 Å². The van der Waals surface area contributed by atoms with Gasteiger partial charge in [0.15, 0.2) is 0 Å². The van der Waals surface area contributed by atoms with Crippen LogP contribution in [0.4, 0.5) is 11.4 Å². The monoisotopic (exact) mass is 415 g/mol. The fourth-order valence-electron chi connectivity index (χ4n) is 2.86. The Morgan fingerprint density at radius 3 is 2.41 bits per heavy atom. The summed E-state index contributed by atoms with van der Waals surface area (Å²) in [5.74, 6) is -0.911. The van der Waals surface area contributed by atoms with Crippen molar-refractivity contribution in [3.05, 3.63) is 53.6 Å². The van der Waals surface area contributed by atoms with Crippen LogP contribution in [0.25, 0.3) is 0 Å². The Morgan fingerprint density at radius 2 is 1.76 bits per heavy atom. The Kier molecular flexibility index (Phi) is 5.97. The molecule has 9 heteroatoms. The lowest BCUT2D eigenvalue weighted by Crippen LogP contribution is -2.28. The second-order valence-corrected chi connectivity index (χ2v) is 7.92. The van der Waals surface area contributed by atoms with Crippen molar-refractivity contribution in [1.82, 2.24) is 0 Å². The third-order valence-electron chi connectivity index (χ3n) is 4.25. The molecular formula is C20H21N3O5S. The summed E-state index contributed by atoms with van der Waals surface area (Å²) < 4.78 is 33.2. The number of carbonyl (C=O) groups is 2. The summed E-state index contributed by atoms with van der Waals surface area (Å²) in [5, 5.41) is 2.69. The van der Waals surface area contributed by atoms with Crippen LogP contribution in [0, 0.1) is 0 Å². The zero-order chi connectivity index (χ0) is 21.0. The number of rotatable bonds is 6. The van der Waals surface area contributed by atoms with Gasteiger partial charge in [0, 0.05) is 17.8 Å². The van der Waals surface area contributed by atoms with E-state index in [0.29, 0.717) is 23.5 Å². The average Bonchev–Trinajstić information content (AvgIpc) is 2.71. The fourth-order valence-corrected chi connectivity index (χ4v) is 3.94. The lowest BCUT2D eigenvalue weighted by Gasteiger charge is -2.25. The number of esters is 1. The van der Waals surface area contributed by atoms with Gasteiger partial charge >= 0.3 is 5.97 Å². The molecule has 0 radical (unpaired) electrons. The van der Waals surface area contributed by atoms with E-state index in [4.69, 9.17) is 4.74 Å². The molecule has 1 aliphatic heterocycles. The molecule has 152 valence electrons. The normalized spacial score (nSPS) is 14.2. The van der Waals surface area contributed by atoms with Gasteiger partial charge in [-0.1, -0.05) is 6.92 Å². The van der Waals surface area contributed by atoms with Gasteiger partial charge < -0.3 is 15.0 Å². The predicted molar refractivity (Wildman–Crippen MR) is 110 cm³/mol. The highest BCUT2D eigenvalue weighted by Gasteiger charge is 2.26. The maximum Gasteiger partial charge on any atom is 0.338 e. The van der Waals surface area contributed by atoms with Gasteiger partial charge in [-0.15, -0.1) is 4.40 Å². The number of hydrogen-bond donors (Lipinski definition) is 1. The number of benzene rings is 2. The van der Waals surface area contributed by atoms with Crippen molar-refractivity contribution in [1.29, 1.82) is 0 Å². The van der Waals surface area contributed by atoms with E-state index < -0.39 is 21.9 Å². The molecule has 8 nitrogen and oxygen atoms in total. The smallest absolute Gasteiger partial charge is 0.338 e. The van der Waals surface area contributed by atoms with E-state index in [1.165, 1.54) is 12.4 Å². The van der Waals surface area contributed by atoms with Gasteiger partial charge in [0.1, 0.15) is 11.2 Å². The maximum absolute atomic E-state index is 12.6. The molecule has 2 aromatic carbocycles. The van der Waals surface area contributed by atoms with Crippen molar-refractivity contribution in [3.8, 4) is 0 Å². The first-order valence-corrected chi connectivity index (χ1v) is 10.6. The molecular weight excluding hydrogens is 394 g/mol. The van der Waals surface area contributed by atoms with Crippen molar-refractivity contribution < 1.29 is 22.7 Å². The summed E-state index contributed by atoms with van der Waals surface area (Å²) >= 11 is 0. The van der Waals surface area contributed by atoms with Gasteiger partial charge in [0.25, 0.3) is 15.9 Å². The molecule has 1 aliphatic rings. The molecule has 0 aliphatic carbocycles. The minimum Gasteiger partial charge on any atom is -0.462 e. The summed E-state index contributed by atoms with van der Waals surface area (Å²) in [6.45, 7) is 4.59. The Hall–Kier alpha value is -3.20. The van der Waals surface area contributed by atoms with Gasteiger partial charge in [-0.25, -0.2) is 4.79 Å². The molecule has 1 N–H and O–H groups in total. The molecule has 1 heterocycles. The van der Waals surface area contributed by atoms with Gasteiger partial charge in [-0.2, -0.15) is 8.42 Å². The van der Waals surface area contributed by atoms with Crippen molar-refractivity contribution in [2.24, 2.45) is 4.40 Å². The molecule has 0 unspecified atom stereocenters. The maximum atomic E-state index is 12.6. The largest absolute Gasteiger partial charge is 0.462 e. The first-order chi connectivity index (χ1) is 13.9. The molecule has 1 amide bonds. The summed E-state index contributed by atoms with van der Waals surface area (Å²) in [5.41, 5.74) is 1.53. The zero-order valence-electron chi connectivity index (χ0n) is 16.1. The summed E-state index contributed by atoms with van der Waals surface area (Å²) in [6.07, 6.45) is 2.11. The Morgan fingerprint density at radius 1 is 1.07 bits per heavy atom. The van der Waals surface area contributed by atoms with Crippen molar-refractivity contribution in [2.45, 2.75) is 25.2 Å². The van der Waals surface area contributed by atoms with Gasteiger partial charge in [0.2, 0.25) is 0 Å². The van der Waals surface area contributed by atoms with Crippen LogP contribution in [0.2, 0.25) is 0 Å². The standard InChI is InChI=1S/C20H21N3O5S/c1-3-11-23-13-21-29(26,27)18-12-15(7-10-17(18)23)19(24)22-16-8-5-14(6-9-16)20(25)28-4-2/h5-10,12-13H,3-4,11H2,1-2H3,(H,22,24). The lowest BCUT2D eigenvalue weighted by molar-refractivity contribution is 0.0526. The minimum absolute atomic E-state index is 0.00115. The number of sulfonamides is 1. The third kappa shape index (κ3) is 4.45. The number of fused-ring (bicyclic) bond motifs is 1. The van der Waals surface area contributed by atoms with E-state index in [-0.39, 0.29) is 17.1 Å². The molecule has 0 fully saturated rings. The third-order valence-corrected chi connectivity index (χ3v) is 5.51. The highest BCUT2D eigenvalue weighted by molar-refractivity contribution is 7.90. The van der Waals surface area contributed by atoms with Crippen molar-refractivity contribution in [3.63, 3.8) is 0 Å². The Bertz CT molecular complexity index is 1060. The number of ether oxygens (including phenoxy) is 1. The minimum atomic E-state index is -3.85. The lowest BCUT2D eigenvalue weighted by atomic mass is 10.1. The number of carbonyl (C=O) groups excluding carboxylic acids is 2. The first kappa shape index (κ1) is 20.5. The summed E-state index contributed by atoms with van der Waals surface area (Å²) in [4.78, 5) is 26.0. The first-order valence-electron chi connectivity index (χ1n) is 9.15. The quantitative estimate of drug-likeness (QED) is 0.727. The van der Waals surface area contributed by atoms with Crippen LogP contribution in [0.15, 0.2) is 51.8 Å². The van der Waals surface area contributed by atoms with Crippen LogP contribution in [0.5, 0.6) is 0 Å². The highest BCUT2D eigenvalue weighted by Crippen LogP contribution is 2.31. The average molecular weight is 415 g/mol. The van der Waals surface area contributed by atoms with E-state index in [0.717, 1.165) is 6.42 Å². The van der Waals surface area contributed by atoms with Gasteiger partial charge in [-0.3, -0.25) is 4.79 Å². The number of amides is 1. The van der Waals surface area contributed by atoms with E-state index in [2.05, 4.69) is 9.71 Å². The van der Waals surface area contributed by atoms with E-state index in [1.807, 2.05) is 6.92 Å². The van der Waals surface area contributed by atoms with Crippen LogP contribution >= 0.6 is 0 Å².